The Balaban J connectivity index is 2.01. The van der Waals surface area contributed by atoms with Gasteiger partial charge in [-0.05, 0) is 19.9 Å². The number of aromatic nitrogens is 2. The minimum atomic E-state index is 0.0121. The monoisotopic (exact) mass is 250 g/mol. The number of nitrogens with zero attached hydrogens (tertiary/aromatic N) is 1. The van der Waals surface area contributed by atoms with Crippen LogP contribution in [0.25, 0.3) is 0 Å². The first kappa shape index (κ1) is 13.1. The highest BCUT2D eigenvalue weighted by molar-refractivity contribution is 5.92. The van der Waals surface area contributed by atoms with Crippen LogP contribution in [-0.2, 0) is 10.2 Å². The van der Waals surface area contributed by atoms with E-state index < -0.39 is 0 Å². The quantitative estimate of drug-likeness (QED) is 0.747. The average molecular weight is 250 g/mol. The van der Waals surface area contributed by atoms with E-state index in [2.05, 4.69) is 41.6 Å². The van der Waals surface area contributed by atoms with Crippen LogP contribution in [0.5, 0.6) is 0 Å². The van der Waals surface area contributed by atoms with E-state index in [0.29, 0.717) is 5.82 Å². The summed E-state index contributed by atoms with van der Waals surface area (Å²) in [5.74, 6) is 0.711. The molecule has 2 unspecified atom stereocenters. The van der Waals surface area contributed by atoms with Gasteiger partial charge in [-0.2, -0.15) is 5.10 Å². The largest absolute Gasteiger partial charge is 0.313 e. The van der Waals surface area contributed by atoms with Crippen molar-refractivity contribution < 1.29 is 4.79 Å². The molecule has 0 spiro atoms. The number of carbonyl (C=O) groups excluding carboxylic acids is 1. The van der Waals surface area contributed by atoms with E-state index in [0.717, 1.165) is 18.7 Å². The highest BCUT2D eigenvalue weighted by Crippen LogP contribution is 2.23. The van der Waals surface area contributed by atoms with Crippen molar-refractivity contribution in [2.45, 2.75) is 45.6 Å². The Labute approximate surface area is 108 Å². The number of hydrogen-bond donors (Lipinski definition) is 3. The highest BCUT2D eigenvalue weighted by atomic mass is 16.2. The predicted octanol–water partition coefficient (Wildman–Crippen LogP) is 1.64. The second-order valence-electron chi connectivity index (χ2n) is 6.04. The fourth-order valence-electron chi connectivity index (χ4n) is 2.21. The van der Waals surface area contributed by atoms with Gasteiger partial charge in [0.2, 0.25) is 5.91 Å². The van der Waals surface area contributed by atoms with E-state index in [-0.39, 0.29) is 23.3 Å². The molecule has 100 valence electrons. The Kier molecular flexibility index (Phi) is 3.43. The normalized spacial score (nSPS) is 24.2. The molecule has 1 aromatic heterocycles. The summed E-state index contributed by atoms with van der Waals surface area (Å²) >= 11 is 0. The lowest BCUT2D eigenvalue weighted by atomic mass is 9.92. The van der Waals surface area contributed by atoms with Crippen molar-refractivity contribution in [3.05, 3.63) is 11.8 Å². The summed E-state index contributed by atoms with van der Waals surface area (Å²) in [6.45, 7) is 9.27. The van der Waals surface area contributed by atoms with Crippen molar-refractivity contribution in [2.75, 3.05) is 11.9 Å². The summed E-state index contributed by atoms with van der Waals surface area (Å²) < 4.78 is 0. The fourth-order valence-corrected chi connectivity index (χ4v) is 2.21. The van der Waals surface area contributed by atoms with Gasteiger partial charge in [-0.25, -0.2) is 0 Å². The van der Waals surface area contributed by atoms with Crippen molar-refractivity contribution >= 4 is 11.7 Å². The Morgan fingerprint density at radius 1 is 1.50 bits per heavy atom. The number of anilines is 1. The summed E-state index contributed by atoms with van der Waals surface area (Å²) in [5, 5.41) is 13.3. The van der Waals surface area contributed by atoms with Crippen LogP contribution in [0, 0.1) is 5.92 Å². The van der Waals surface area contributed by atoms with Crippen LogP contribution in [0.2, 0.25) is 0 Å². The molecule has 0 bridgehead atoms. The zero-order valence-corrected chi connectivity index (χ0v) is 11.5. The predicted molar refractivity (Wildman–Crippen MR) is 71.5 cm³/mol. The van der Waals surface area contributed by atoms with E-state index in [1.165, 1.54) is 0 Å². The highest BCUT2D eigenvalue weighted by Gasteiger charge is 2.29. The lowest BCUT2D eigenvalue weighted by molar-refractivity contribution is -0.120. The van der Waals surface area contributed by atoms with Crippen LogP contribution in [-0.4, -0.2) is 28.7 Å². The maximum absolute atomic E-state index is 12.1. The van der Waals surface area contributed by atoms with Crippen LogP contribution in [0.15, 0.2) is 6.07 Å². The molecule has 1 aliphatic rings. The van der Waals surface area contributed by atoms with Gasteiger partial charge in [0.25, 0.3) is 0 Å². The zero-order valence-electron chi connectivity index (χ0n) is 11.5. The third-order valence-electron chi connectivity index (χ3n) is 3.50. The van der Waals surface area contributed by atoms with Gasteiger partial charge in [0, 0.05) is 23.2 Å². The fraction of sp³-hybridized carbons (Fsp3) is 0.692. The second kappa shape index (κ2) is 4.72. The van der Waals surface area contributed by atoms with Gasteiger partial charge in [-0.1, -0.05) is 20.8 Å². The maximum atomic E-state index is 12.1. The molecule has 1 amide bonds. The summed E-state index contributed by atoms with van der Waals surface area (Å²) in [7, 11) is 0. The van der Waals surface area contributed by atoms with E-state index in [4.69, 9.17) is 0 Å². The number of aromatic amines is 1. The van der Waals surface area contributed by atoms with Crippen molar-refractivity contribution in [3.63, 3.8) is 0 Å². The lowest BCUT2D eigenvalue weighted by Crippen LogP contribution is -2.32. The van der Waals surface area contributed by atoms with Crippen molar-refractivity contribution in [1.82, 2.24) is 15.5 Å². The van der Waals surface area contributed by atoms with Crippen LogP contribution in [0.1, 0.15) is 39.8 Å². The van der Waals surface area contributed by atoms with Crippen molar-refractivity contribution in [1.29, 1.82) is 0 Å². The molecular weight excluding hydrogens is 228 g/mol. The topological polar surface area (TPSA) is 69.8 Å². The molecule has 5 nitrogen and oxygen atoms in total. The summed E-state index contributed by atoms with van der Waals surface area (Å²) in [6.07, 6.45) is 0.892. The summed E-state index contributed by atoms with van der Waals surface area (Å²) in [4.78, 5) is 12.1. The van der Waals surface area contributed by atoms with Crippen molar-refractivity contribution in [2.24, 2.45) is 5.92 Å². The van der Waals surface area contributed by atoms with E-state index in [1.807, 2.05) is 13.0 Å². The molecule has 0 aliphatic carbocycles. The van der Waals surface area contributed by atoms with Gasteiger partial charge in [0.15, 0.2) is 5.82 Å². The number of carbonyl (C=O) groups is 1. The van der Waals surface area contributed by atoms with Gasteiger partial charge in [0.1, 0.15) is 0 Å². The van der Waals surface area contributed by atoms with Crippen LogP contribution >= 0.6 is 0 Å². The Bertz CT molecular complexity index is 432. The molecule has 2 rings (SSSR count). The molecule has 5 heteroatoms. The van der Waals surface area contributed by atoms with E-state index >= 15 is 0 Å². The van der Waals surface area contributed by atoms with Crippen LogP contribution in [0.3, 0.4) is 0 Å². The first-order valence-corrected chi connectivity index (χ1v) is 6.48. The molecule has 2 heterocycles. The third-order valence-corrected chi connectivity index (χ3v) is 3.50. The molecule has 2 atom stereocenters. The van der Waals surface area contributed by atoms with E-state index in [1.54, 1.807) is 0 Å². The molecule has 0 saturated carbocycles. The molecule has 1 fully saturated rings. The summed E-state index contributed by atoms with van der Waals surface area (Å²) in [5.41, 5.74) is 1.04. The van der Waals surface area contributed by atoms with E-state index in [9.17, 15) is 4.79 Å². The summed E-state index contributed by atoms with van der Waals surface area (Å²) in [6, 6.07) is 2.15. The van der Waals surface area contributed by atoms with Gasteiger partial charge in [0.05, 0.1) is 5.92 Å². The number of amides is 1. The number of rotatable bonds is 2. The SMILES string of the molecule is CC1NCCC1C(=O)Nc1cc(C(C)(C)C)[nH]n1. The lowest BCUT2D eigenvalue weighted by Gasteiger charge is -2.15. The average Bonchev–Trinajstić information content (AvgIpc) is 2.85. The first-order valence-electron chi connectivity index (χ1n) is 6.48. The minimum absolute atomic E-state index is 0.0121. The number of H-pyrrole nitrogens is 1. The van der Waals surface area contributed by atoms with Crippen LogP contribution in [0.4, 0.5) is 5.82 Å². The zero-order chi connectivity index (χ0) is 13.3. The molecule has 3 N–H and O–H groups in total. The first-order chi connectivity index (χ1) is 8.38. The Morgan fingerprint density at radius 3 is 2.72 bits per heavy atom. The standard InChI is InChI=1S/C13H22N4O/c1-8-9(5-6-14-8)12(18)15-11-7-10(16-17-11)13(2,3)4/h7-9,14H,5-6H2,1-4H3,(H2,15,16,17,18). The molecule has 18 heavy (non-hydrogen) atoms. The van der Waals surface area contributed by atoms with Gasteiger partial charge < -0.3 is 10.6 Å². The molecular formula is C13H22N4O. The smallest absolute Gasteiger partial charge is 0.230 e. The maximum Gasteiger partial charge on any atom is 0.230 e. The van der Waals surface area contributed by atoms with Crippen LogP contribution < -0.4 is 10.6 Å². The second-order valence-corrected chi connectivity index (χ2v) is 6.04. The molecule has 1 aromatic rings. The number of hydrogen-bond acceptors (Lipinski definition) is 3. The molecule has 1 saturated heterocycles. The Morgan fingerprint density at radius 2 is 2.22 bits per heavy atom. The number of nitrogens with one attached hydrogen (secondary N) is 3. The van der Waals surface area contributed by atoms with Crippen molar-refractivity contribution in [3.8, 4) is 0 Å². The third kappa shape index (κ3) is 2.72. The van der Waals surface area contributed by atoms with Gasteiger partial charge in [-0.3, -0.25) is 9.89 Å². The van der Waals surface area contributed by atoms with Gasteiger partial charge in [-0.15, -0.1) is 0 Å². The molecule has 0 radical (unpaired) electrons. The molecule has 1 aliphatic heterocycles. The minimum Gasteiger partial charge on any atom is -0.313 e. The Hall–Kier alpha value is -1.36. The van der Waals surface area contributed by atoms with Gasteiger partial charge >= 0.3 is 0 Å². The molecule has 0 aromatic carbocycles.